The zero-order chi connectivity index (χ0) is 34.4. The van der Waals surface area contributed by atoms with Gasteiger partial charge >= 0.3 is 19.4 Å². The highest BCUT2D eigenvalue weighted by Gasteiger charge is 2.40. The lowest BCUT2D eigenvalue weighted by Crippen LogP contribution is -2.40. The van der Waals surface area contributed by atoms with Gasteiger partial charge in [0.2, 0.25) is 5.82 Å². The minimum Gasteiger partial charge on any atom is -0.460 e. The molecule has 49 heavy (non-hydrogen) atoms. The molecule has 6 rings (SSSR count). The predicted molar refractivity (Wildman–Crippen MR) is 177 cm³/mol. The molecule has 1 aromatic heterocycles. The summed E-state index contributed by atoms with van der Waals surface area (Å²) in [5, 5.41) is 15.0. The van der Waals surface area contributed by atoms with E-state index in [9.17, 15) is 28.4 Å². The molecule has 5 aromatic rings. The largest absolute Gasteiger partial charge is 0.460 e. The number of aromatic amines is 1. The topological polar surface area (TPSA) is 158 Å². The fraction of sp³-hybridized carbons (Fsp3) is 0.229. The van der Waals surface area contributed by atoms with Crippen molar-refractivity contribution < 1.29 is 37.4 Å². The van der Waals surface area contributed by atoms with Crippen LogP contribution in [0.15, 0.2) is 119 Å². The minimum atomic E-state index is -4.50. The normalized spacial score (nSPS) is 19.3. The standard InChI is InChI=1S/C35H33FN3O9P/c36-27-20-39(35(43)37-33(27)41)32-19-29(40)31(47-32)22-46-49(44,48-30-17-9-15-25-14-7-8-16-26(25)30)38-28(18-23-10-3-1-4-11-23)34(42)45-21-24-12-5-2-6-13-24/h1-17,20,28-29,31-32,40H,18-19,21-22H2,(H,38,44)(H,37,41,43). The summed E-state index contributed by atoms with van der Waals surface area (Å²) in [6.07, 6.45) is -2.97. The van der Waals surface area contributed by atoms with Crippen molar-refractivity contribution in [2.75, 3.05) is 6.61 Å². The number of benzene rings is 4. The number of hydrogen-bond acceptors (Lipinski definition) is 9. The molecule has 2 heterocycles. The SMILES string of the molecule is O=C(OCc1ccccc1)C(Cc1ccccc1)NP(=O)(OCC1OC(n2cc(F)c(=O)[nH]c2=O)CC1O)Oc1cccc2ccccc12. The molecule has 14 heteroatoms. The number of nitrogens with zero attached hydrogens (tertiary/aromatic N) is 1. The number of hydrogen-bond donors (Lipinski definition) is 3. The van der Waals surface area contributed by atoms with Crippen LogP contribution in [0.2, 0.25) is 0 Å². The Morgan fingerprint density at radius 1 is 0.980 bits per heavy atom. The Balaban J connectivity index is 1.27. The van der Waals surface area contributed by atoms with E-state index in [1.165, 1.54) is 0 Å². The molecule has 1 aliphatic heterocycles. The summed E-state index contributed by atoms with van der Waals surface area (Å²) in [5.74, 6) is -1.72. The third kappa shape index (κ3) is 8.40. The van der Waals surface area contributed by atoms with Crippen LogP contribution in [0.5, 0.6) is 5.75 Å². The average Bonchev–Trinajstić information content (AvgIpc) is 3.48. The summed E-state index contributed by atoms with van der Waals surface area (Å²) in [6.45, 7) is -0.555. The highest BCUT2D eigenvalue weighted by Crippen LogP contribution is 2.48. The fourth-order valence-electron chi connectivity index (χ4n) is 5.43. The quantitative estimate of drug-likeness (QED) is 0.118. The average molecular weight is 690 g/mol. The van der Waals surface area contributed by atoms with Crippen LogP contribution in [-0.4, -0.2) is 45.5 Å². The second-order valence-corrected chi connectivity index (χ2v) is 13.1. The van der Waals surface area contributed by atoms with Gasteiger partial charge < -0.3 is 19.1 Å². The van der Waals surface area contributed by atoms with Gasteiger partial charge in [-0.25, -0.2) is 9.36 Å². The maximum absolute atomic E-state index is 14.7. The van der Waals surface area contributed by atoms with Crippen molar-refractivity contribution in [2.24, 2.45) is 0 Å². The van der Waals surface area contributed by atoms with Crippen LogP contribution < -0.4 is 20.9 Å². The molecule has 4 aromatic carbocycles. The number of aliphatic hydroxyl groups is 1. The molecular formula is C35H33FN3O9P. The predicted octanol–water partition coefficient (Wildman–Crippen LogP) is 4.63. The number of carbonyl (C=O) groups is 1. The fourth-order valence-corrected chi connectivity index (χ4v) is 6.95. The van der Waals surface area contributed by atoms with Crippen molar-refractivity contribution in [3.8, 4) is 5.75 Å². The molecule has 0 radical (unpaired) electrons. The van der Waals surface area contributed by atoms with Crippen LogP contribution in [0.3, 0.4) is 0 Å². The van der Waals surface area contributed by atoms with Gasteiger partial charge in [-0.05, 0) is 29.0 Å². The molecule has 0 amide bonds. The summed E-state index contributed by atoms with van der Waals surface area (Å²) >= 11 is 0. The van der Waals surface area contributed by atoms with Crippen LogP contribution in [0.25, 0.3) is 10.8 Å². The smallest absolute Gasteiger partial charge is 0.459 e. The third-order valence-electron chi connectivity index (χ3n) is 7.92. The van der Waals surface area contributed by atoms with Crippen molar-refractivity contribution in [3.63, 3.8) is 0 Å². The molecule has 3 N–H and O–H groups in total. The van der Waals surface area contributed by atoms with E-state index in [0.29, 0.717) is 11.6 Å². The molecule has 0 spiro atoms. The molecule has 5 unspecified atom stereocenters. The first-order chi connectivity index (χ1) is 23.7. The van der Waals surface area contributed by atoms with Gasteiger partial charge in [0.05, 0.1) is 18.9 Å². The molecule has 0 bridgehead atoms. The van der Waals surface area contributed by atoms with E-state index in [1.54, 1.807) is 60.7 Å². The lowest BCUT2D eigenvalue weighted by molar-refractivity contribution is -0.147. The van der Waals surface area contributed by atoms with Gasteiger partial charge in [-0.3, -0.25) is 23.7 Å². The van der Waals surface area contributed by atoms with Gasteiger partial charge in [-0.15, -0.1) is 0 Å². The summed E-state index contributed by atoms with van der Waals surface area (Å²) in [6, 6.07) is 29.4. The molecule has 1 saturated heterocycles. The first-order valence-electron chi connectivity index (χ1n) is 15.5. The maximum Gasteiger partial charge on any atom is 0.459 e. The van der Waals surface area contributed by atoms with Crippen LogP contribution in [0.4, 0.5) is 4.39 Å². The molecule has 0 aliphatic carbocycles. The number of rotatable bonds is 13. The Hall–Kier alpha value is -4.91. The number of esters is 1. The van der Waals surface area contributed by atoms with Crippen LogP contribution >= 0.6 is 7.75 Å². The van der Waals surface area contributed by atoms with E-state index >= 15 is 0 Å². The maximum atomic E-state index is 14.7. The molecule has 254 valence electrons. The Morgan fingerprint density at radius 2 is 1.65 bits per heavy atom. The van der Waals surface area contributed by atoms with Crippen molar-refractivity contribution in [2.45, 2.75) is 43.9 Å². The lowest BCUT2D eigenvalue weighted by atomic mass is 10.1. The van der Waals surface area contributed by atoms with E-state index in [-0.39, 0.29) is 25.2 Å². The zero-order valence-corrected chi connectivity index (χ0v) is 26.9. The first-order valence-corrected chi connectivity index (χ1v) is 17.0. The molecule has 1 fully saturated rings. The number of ether oxygens (including phenoxy) is 2. The van der Waals surface area contributed by atoms with Crippen LogP contribution in [-0.2, 0) is 36.4 Å². The summed E-state index contributed by atoms with van der Waals surface area (Å²) < 4.78 is 52.9. The minimum absolute atomic E-state index is 0.0316. The van der Waals surface area contributed by atoms with E-state index in [1.807, 2.05) is 47.4 Å². The zero-order valence-electron chi connectivity index (χ0n) is 26.0. The number of fused-ring (bicyclic) bond motifs is 1. The van der Waals surface area contributed by atoms with E-state index in [2.05, 4.69) is 5.09 Å². The lowest BCUT2D eigenvalue weighted by Gasteiger charge is -2.26. The van der Waals surface area contributed by atoms with E-state index < -0.39 is 61.9 Å². The number of halogens is 1. The summed E-state index contributed by atoms with van der Waals surface area (Å²) in [4.78, 5) is 39.3. The molecule has 1 aliphatic rings. The van der Waals surface area contributed by atoms with Crippen molar-refractivity contribution in [1.29, 1.82) is 0 Å². The van der Waals surface area contributed by atoms with Crippen molar-refractivity contribution in [1.82, 2.24) is 14.6 Å². The Labute approximate surface area is 279 Å². The second-order valence-electron chi connectivity index (χ2n) is 11.4. The highest BCUT2D eigenvalue weighted by atomic mass is 31.2. The number of aliphatic hydroxyl groups excluding tert-OH is 1. The monoisotopic (exact) mass is 689 g/mol. The van der Waals surface area contributed by atoms with Gasteiger partial charge in [-0.2, -0.15) is 9.48 Å². The molecule has 12 nitrogen and oxygen atoms in total. The number of aromatic nitrogens is 2. The van der Waals surface area contributed by atoms with E-state index in [0.717, 1.165) is 21.1 Å². The first kappa shape index (κ1) is 34.0. The van der Waals surface area contributed by atoms with Gasteiger partial charge in [0.25, 0.3) is 5.56 Å². The van der Waals surface area contributed by atoms with Crippen molar-refractivity contribution >= 4 is 24.5 Å². The summed E-state index contributed by atoms with van der Waals surface area (Å²) in [7, 11) is -4.50. The molecule has 0 saturated carbocycles. The van der Waals surface area contributed by atoms with Gasteiger partial charge in [0, 0.05) is 11.8 Å². The number of carbonyl (C=O) groups excluding carboxylic acids is 1. The van der Waals surface area contributed by atoms with E-state index in [4.69, 9.17) is 18.5 Å². The Kier molecular flexibility index (Phi) is 10.5. The van der Waals surface area contributed by atoms with Crippen LogP contribution in [0, 0.1) is 5.82 Å². The Bertz CT molecular complexity index is 2070. The third-order valence-corrected chi connectivity index (χ3v) is 9.47. The molecule has 5 atom stereocenters. The number of H-pyrrole nitrogens is 1. The van der Waals surface area contributed by atoms with Gasteiger partial charge in [-0.1, -0.05) is 97.1 Å². The van der Waals surface area contributed by atoms with Crippen LogP contribution in [0.1, 0.15) is 23.8 Å². The van der Waals surface area contributed by atoms with Gasteiger partial charge in [0.15, 0.2) is 0 Å². The van der Waals surface area contributed by atoms with Gasteiger partial charge in [0.1, 0.15) is 30.7 Å². The molecular weight excluding hydrogens is 656 g/mol. The van der Waals surface area contributed by atoms with Crippen molar-refractivity contribution in [3.05, 3.63) is 147 Å². The number of nitrogens with one attached hydrogen (secondary N) is 2. The Morgan fingerprint density at radius 3 is 2.41 bits per heavy atom. The summed E-state index contributed by atoms with van der Waals surface area (Å²) in [5.41, 5.74) is -0.632. The highest BCUT2D eigenvalue weighted by molar-refractivity contribution is 7.52. The second kappa shape index (κ2) is 15.1.